The van der Waals surface area contributed by atoms with Gasteiger partial charge >= 0.3 is 0 Å². The lowest BCUT2D eigenvalue weighted by atomic mass is 10.2. The standard InChI is InChI=1S/C18H14Cl2N4O3S2/c1-10-3-6-15(27-2)16(7-10)29(25,26)23-17-21-18-24(22-17)14(9-28-18)12-8-11(19)4-5-13(12)20/h3-9H,1-2H3,(H,22,23). The Kier molecular flexibility index (Phi) is 5.16. The molecule has 4 rings (SSSR count). The molecule has 0 spiro atoms. The van der Waals surface area contributed by atoms with Crippen molar-refractivity contribution in [1.29, 1.82) is 0 Å². The molecule has 2 heterocycles. The summed E-state index contributed by atoms with van der Waals surface area (Å²) in [5.41, 5.74) is 2.11. The number of anilines is 1. The number of rotatable bonds is 5. The van der Waals surface area contributed by atoms with Crippen molar-refractivity contribution in [1.82, 2.24) is 14.6 Å². The summed E-state index contributed by atoms with van der Waals surface area (Å²) in [6.45, 7) is 1.80. The molecule has 4 aromatic rings. The molecule has 0 amide bonds. The van der Waals surface area contributed by atoms with Crippen LogP contribution in [0.1, 0.15) is 5.56 Å². The number of aromatic nitrogens is 3. The number of nitrogens with one attached hydrogen (secondary N) is 1. The average molecular weight is 469 g/mol. The normalized spacial score (nSPS) is 11.7. The number of nitrogens with zero attached hydrogens (tertiary/aromatic N) is 3. The molecule has 29 heavy (non-hydrogen) atoms. The first-order valence-corrected chi connectivity index (χ1v) is 11.4. The minimum absolute atomic E-state index is 0.0104. The van der Waals surface area contributed by atoms with E-state index in [1.807, 2.05) is 5.38 Å². The second-order valence-corrected chi connectivity index (χ2v) is 9.47. The smallest absolute Gasteiger partial charge is 0.267 e. The Balaban J connectivity index is 1.74. The summed E-state index contributed by atoms with van der Waals surface area (Å²) in [6, 6.07) is 9.98. The van der Waals surface area contributed by atoms with Crippen molar-refractivity contribution in [3.05, 3.63) is 57.4 Å². The van der Waals surface area contributed by atoms with E-state index in [2.05, 4.69) is 14.8 Å². The van der Waals surface area contributed by atoms with Crippen LogP contribution in [-0.4, -0.2) is 30.1 Å². The van der Waals surface area contributed by atoms with Gasteiger partial charge in [0.25, 0.3) is 16.0 Å². The van der Waals surface area contributed by atoms with Crippen LogP contribution >= 0.6 is 34.5 Å². The number of fused-ring (bicyclic) bond motifs is 1. The minimum Gasteiger partial charge on any atom is -0.495 e. The van der Waals surface area contributed by atoms with E-state index < -0.39 is 10.0 Å². The van der Waals surface area contributed by atoms with E-state index in [1.165, 1.54) is 29.0 Å². The van der Waals surface area contributed by atoms with Crippen LogP contribution in [0.2, 0.25) is 10.0 Å². The third-order valence-corrected chi connectivity index (χ3v) is 6.85. The molecule has 0 aliphatic heterocycles. The summed E-state index contributed by atoms with van der Waals surface area (Å²) in [5.74, 6) is 0.176. The number of aryl methyl sites for hydroxylation is 1. The predicted molar refractivity (Wildman–Crippen MR) is 115 cm³/mol. The second-order valence-electron chi connectivity index (χ2n) is 6.13. The van der Waals surface area contributed by atoms with Crippen LogP contribution in [0.3, 0.4) is 0 Å². The second kappa shape index (κ2) is 7.49. The SMILES string of the molecule is COc1ccc(C)cc1S(=O)(=O)Nc1nc2scc(-c3cc(Cl)ccc3Cl)n2n1. The van der Waals surface area contributed by atoms with Crippen molar-refractivity contribution in [2.24, 2.45) is 0 Å². The number of benzene rings is 2. The van der Waals surface area contributed by atoms with Crippen LogP contribution < -0.4 is 9.46 Å². The number of halogens is 2. The minimum atomic E-state index is -3.95. The highest BCUT2D eigenvalue weighted by molar-refractivity contribution is 7.92. The first kappa shape index (κ1) is 20.0. The van der Waals surface area contributed by atoms with Gasteiger partial charge in [0.15, 0.2) is 0 Å². The predicted octanol–water partition coefficient (Wildman–Crippen LogP) is 4.88. The molecule has 0 saturated heterocycles. The maximum atomic E-state index is 12.9. The van der Waals surface area contributed by atoms with Gasteiger partial charge in [-0.25, -0.2) is 17.7 Å². The lowest BCUT2D eigenvalue weighted by Gasteiger charge is -2.10. The van der Waals surface area contributed by atoms with Crippen molar-refractivity contribution in [2.75, 3.05) is 11.8 Å². The highest BCUT2D eigenvalue weighted by Gasteiger charge is 2.23. The zero-order valence-corrected chi connectivity index (χ0v) is 18.3. The molecule has 2 aromatic heterocycles. The highest BCUT2D eigenvalue weighted by Crippen LogP contribution is 2.33. The Morgan fingerprint density at radius 3 is 2.72 bits per heavy atom. The fourth-order valence-corrected chi connectivity index (χ4v) is 5.18. The average Bonchev–Trinajstić information content (AvgIpc) is 3.23. The van der Waals surface area contributed by atoms with Gasteiger partial charge in [-0.05, 0) is 42.8 Å². The van der Waals surface area contributed by atoms with Gasteiger partial charge in [-0.2, -0.15) is 4.98 Å². The van der Waals surface area contributed by atoms with E-state index in [-0.39, 0.29) is 16.6 Å². The van der Waals surface area contributed by atoms with E-state index in [4.69, 9.17) is 27.9 Å². The summed E-state index contributed by atoms with van der Waals surface area (Å²) in [4.78, 5) is 4.78. The van der Waals surface area contributed by atoms with Gasteiger partial charge in [-0.1, -0.05) is 29.3 Å². The maximum Gasteiger partial charge on any atom is 0.267 e. The van der Waals surface area contributed by atoms with Gasteiger partial charge in [0.1, 0.15) is 10.6 Å². The summed E-state index contributed by atoms with van der Waals surface area (Å²) in [5, 5.41) is 7.14. The maximum absolute atomic E-state index is 12.9. The molecule has 11 heteroatoms. The molecular weight excluding hydrogens is 455 g/mol. The summed E-state index contributed by atoms with van der Waals surface area (Å²) in [7, 11) is -2.54. The largest absolute Gasteiger partial charge is 0.495 e. The summed E-state index contributed by atoms with van der Waals surface area (Å²) < 4.78 is 34.9. The van der Waals surface area contributed by atoms with Crippen LogP contribution in [-0.2, 0) is 10.0 Å². The molecule has 0 unspecified atom stereocenters. The van der Waals surface area contributed by atoms with Gasteiger partial charge in [-0.15, -0.1) is 16.4 Å². The number of sulfonamides is 1. The van der Waals surface area contributed by atoms with E-state index >= 15 is 0 Å². The number of hydrogen-bond acceptors (Lipinski definition) is 6. The number of methoxy groups -OCH3 is 1. The van der Waals surface area contributed by atoms with Crippen LogP contribution in [0.5, 0.6) is 5.75 Å². The monoisotopic (exact) mass is 468 g/mol. The van der Waals surface area contributed by atoms with Gasteiger partial charge in [0, 0.05) is 16.0 Å². The lowest BCUT2D eigenvalue weighted by Crippen LogP contribution is -2.15. The van der Waals surface area contributed by atoms with Gasteiger partial charge < -0.3 is 4.74 Å². The Bertz CT molecular complexity index is 1330. The third kappa shape index (κ3) is 3.78. The fourth-order valence-electron chi connectivity index (χ4n) is 2.77. The summed E-state index contributed by atoms with van der Waals surface area (Å²) >= 11 is 13.7. The van der Waals surface area contributed by atoms with E-state index in [0.717, 1.165) is 5.56 Å². The highest BCUT2D eigenvalue weighted by atomic mass is 35.5. The molecule has 1 N–H and O–H groups in total. The first-order chi connectivity index (χ1) is 13.8. The third-order valence-electron chi connectivity index (χ3n) is 4.12. The van der Waals surface area contributed by atoms with E-state index in [1.54, 1.807) is 37.3 Å². The topological polar surface area (TPSA) is 85.6 Å². The molecule has 2 aromatic carbocycles. The van der Waals surface area contributed by atoms with Gasteiger partial charge in [0.2, 0.25) is 4.96 Å². The van der Waals surface area contributed by atoms with Crippen molar-refractivity contribution >= 4 is 55.5 Å². The van der Waals surface area contributed by atoms with E-state index in [9.17, 15) is 8.42 Å². The van der Waals surface area contributed by atoms with Crippen LogP contribution in [0.15, 0.2) is 46.7 Å². The van der Waals surface area contributed by atoms with Gasteiger partial charge in [-0.3, -0.25) is 0 Å². The van der Waals surface area contributed by atoms with Crippen molar-refractivity contribution in [3.63, 3.8) is 0 Å². The Morgan fingerprint density at radius 2 is 1.97 bits per heavy atom. The fraction of sp³-hybridized carbons (Fsp3) is 0.111. The van der Waals surface area contributed by atoms with Crippen molar-refractivity contribution in [2.45, 2.75) is 11.8 Å². The van der Waals surface area contributed by atoms with Crippen LogP contribution in [0, 0.1) is 6.92 Å². The Labute approximate surface area is 180 Å². The molecular formula is C18H14Cl2N4O3S2. The molecule has 0 aliphatic carbocycles. The lowest BCUT2D eigenvalue weighted by molar-refractivity contribution is 0.402. The molecule has 0 bridgehead atoms. The molecule has 0 aliphatic rings. The van der Waals surface area contributed by atoms with Crippen molar-refractivity contribution < 1.29 is 13.2 Å². The molecule has 0 saturated carbocycles. The molecule has 0 atom stereocenters. The quantitative estimate of drug-likeness (QED) is 0.450. The number of hydrogen-bond donors (Lipinski definition) is 1. The van der Waals surface area contributed by atoms with Gasteiger partial charge in [0.05, 0.1) is 17.8 Å². The van der Waals surface area contributed by atoms with E-state index in [0.29, 0.717) is 26.3 Å². The first-order valence-electron chi connectivity index (χ1n) is 8.25. The Morgan fingerprint density at radius 1 is 1.17 bits per heavy atom. The Hall–Kier alpha value is -2.33. The van der Waals surface area contributed by atoms with Crippen LogP contribution in [0.25, 0.3) is 16.2 Å². The number of thiazole rings is 1. The van der Waals surface area contributed by atoms with Crippen molar-refractivity contribution in [3.8, 4) is 17.0 Å². The zero-order valence-electron chi connectivity index (χ0n) is 15.2. The zero-order chi connectivity index (χ0) is 20.8. The number of ether oxygens (including phenoxy) is 1. The molecule has 7 nitrogen and oxygen atoms in total. The molecule has 150 valence electrons. The molecule has 0 fully saturated rings. The van der Waals surface area contributed by atoms with Crippen LogP contribution in [0.4, 0.5) is 5.95 Å². The summed E-state index contributed by atoms with van der Waals surface area (Å²) in [6.07, 6.45) is 0. The molecule has 0 radical (unpaired) electrons.